The van der Waals surface area contributed by atoms with Gasteiger partial charge in [0.15, 0.2) is 0 Å². The number of rotatable bonds is 0. The first-order valence-corrected chi connectivity index (χ1v) is 2.78. The summed E-state index contributed by atoms with van der Waals surface area (Å²) >= 11 is 0. The summed E-state index contributed by atoms with van der Waals surface area (Å²) in [6, 6.07) is 0. The van der Waals surface area contributed by atoms with Crippen molar-refractivity contribution in [1.29, 1.82) is 0 Å². The van der Waals surface area contributed by atoms with Gasteiger partial charge >= 0.3 is 0 Å². The monoisotopic (exact) mass is 92.1 g/mol. The van der Waals surface area contributed by atoms with Crippen molar-refractivity contribution in [3.63, 3.8) is 0 Å². The third-order valence-corrected chi connectivity index (χ3v) is 1.79. The summed E-state index contributed by atoms with van der Waals surface area (Å²) in [6.07, 6.45) is 11.7. The van der Waals surface area contributed by atoms with Crippen LogP contribution in [0.3, 0.4) is 0 Å². The van der Waals surface area contributed by atoms with Crippen LogP contribution >= 0.6 is 0 Å². The van der Waals surface area contributed by atoms with Crippen molar-refractivity contribution in [2.45, 2.75) is 12.8 Å². The number of allylic oxidation sites excluding steroid dienone is 4. The summed E-state index contributed by atoms with van der Waals surface area (Å²) in [5, 5.41) is 0. The second-order valence-corrected chi connectivity index (χ2v) is 2.45. The smallest absolute Gasteiger partial charge is 0.00680 e. The molecule has 0 unspecified atom stereocenters. The lowest BCUT2D eigenvalue weighted by molar-refractivity contribution is 0.874. The van der Waals surface area contributed by atoms with E-state index in [1.165, 1.54) is 12.8 Å². The van der Waals surface area contributed by atoms with Crippen LogP contribution in [-0.2, 0) is 0 Å². The average Bonchev–Trinajstić information content (AvgIpc) is 2.15. The van der Waals surface area contributed by atoms with Gasteiger partial charge < -0.3 is 0 Å². The van der Waals surface area contributed by atoms with Crippen LogP contribution in [0, 0.1) is 5.41 Å². The highest BCUT2D eigenvalue weighted by atomic mass is 14.4. The van der Waals surface area contributed by atoms with Gasteiger partial charge in [-0.1, -0.05) is 24.3 Å². The second-order valence-electron chi connectivity index (χ2n) is 2.45. The fourth-order valence-corrected chi connectivity index (χ4v) is 1.03. The van der Waals surface area contributed by atoms with E-state index in [-0.39, 0.29) is 0 Å². The summed E-state index contributed by atoms with van der Waals surface area (Å²) in [6.45, 7) is 0. The second kappa shape index (κ2) is 0.835. The summed E-state index contributed by atoms with van der Waals surface area (Å²) in [4.78, 5) is 0. The normalized spacial score (nSPS) is 29.7. The highest BCUT2D eigenvalue weighted by Crippen LogP contribution is 2.50. The van der Waals surface area contributed by atoms with E-state index in [0.717, 1.165) is 0 Å². The van der Waals surface area contributed by atoms with E-state index in [0.29, 0.717) is 5.41 Å². The van der Waals surface area contributed by atoms with E-state index in [2.05, 4.69) is 24.3 Å². The molecule has 1 fully saturated rings. The molecule has 0 heterocycles. The highest BCUT2D eigenvalue weighted by Gasteiger charge is 2.38. The van der Waals surface area contributed by atoms with E-state index >= 15 is 0 Å². The van der Waals surface area contributed by atoms with Crippen molar-refractivity contribution in [2.24, 2.45) is 5.41 Å². The molecule has 1 saturated carbocycles. The van der Waals surface area contributed by atoms with Gasteiger partial charge in [0.05, 0.1) is 0 Å². The van der Waals surface area contributed by atoms with Crippen molar-refractivity contribution in [2.75, 3.05) is 0 Å². The lowest BCUT2D eigenvalue weighted by Crippen LogP contribution is -1.80. The molecule has 7 heavy (non-hydrogen) atoms. The summed E-state index contributed by atoms with van der Waals surface area (Å²) < 4.78 is 0. The van der Waals surface area contributed by atoms with E-state index in [1.54, 1.807) is 0 Å². The molecule has 0 amide bonds. The van der Waals surface area contributed by atoms with Gasteiger partial charge in [0, 0.05) is 5.41 Å². The maximum Gasteiger partial charge on any atom is 0.00680 e. The zero-order valence-electron chi connectivity index (χ0n) is 4.22. The highest BCUT2D eigenvalue weighted by molar-refractivity contribution is 5.30. The first-order valence-electron chi connectivity index (χ1n) is 2.78. The van der Waals surface area contributed by atoms with Crippen LogP contribution in [-0.4, -0.2) is 0 Å². The van der Waals surface area contributed by atoms with Gasteiger partial charge in [0.2, 0.25) is 0 Å². The maximum atomic E-state index is 2.30. The van der Waals surface area contributed by atoms with Gasteiger partial charge in [-0.05, 0) is 12.8 Å². The van der Waals surface area contributed by atoms with Gasteiger partial charge in [-0.25, -0.2) is 0 Å². The molecule has 0 aromatic heterocycles. The van der Waals surface area contributed by atoms with E-state index in [9.17, 15) is 0 Å². The first kappa shape index (κ1) is 3.48. The Morgan fingerprint density at radius 3 is 1.86 bits per heavy atom. The fraction of sp³-hybridized carbons (Fsp3) is 0.429. The van der Waals surface area contributed by atoms with Gasteiger partial charge in [-0.2, -0.15) is 0 Å². The summed E-state index contributed by atoms with van der Waals surface area (Å²) in [7, 11) is 0. The standard InChI is InChI=1S/C7H8/c1-2-4-7(3-1)5-6-7/h1-4H,5-6H2. The maximum absolute atomic E-state index is 2.30. The van der Waals surface area contributed by atoms with Crippen LogP contribution < -0.4 is 0 Å². The SMILES string of the molecule is C1=CC2(C=C1)CC2. The quantitative estimate of drug-likeness (QED) is 0.428. The van der Waals surface area contributed by atoms with Crippen LogP contribution in [0.1, 0.15) is 12.8 Å². The van der Waals surface area contributed by atoms with Crippen LogP contribution in [0.25, 0.3) is 0 Å². The van der Waals surface area contributed by atoms with E-state index < -0.39 is 0 Å². The molecular formula is C7H8. The topological polar surface area (TPSA) is 0 Å². The number of hydrogen-bond acceptors (Lipinski definition) is 0. The molecule has 0 aromatic rings. The Kier molecular flexibility index (Phi) is 0.415. The Morgan fingerprint density at radius 2 is 1.57 bits per heavy atom. The van der Waals surface area contributed by atoms with Crippen molar-refractivity contribution >= 4 is 0 Å². The van der Waals surface area contributed by atoms with Crippen LogP contribution in [0.5, 0.6) is 0 Å². The average molecular weight is 92.1 g/mol. The molecule has 0 nitrogen and oxygen atoms in total. The van der Waals surface area contributed by atoms with Crippen LogP contribution in [0.15, 0.2) is 24.3 Å². The molecule has 2 aliphatic carbocycles. The zero-order chi connectivity index (χ0) is 4.74. The van der Waals surface area contributed by atoms with Crippen molar-refractivity contribution < 1.29 is 0 Å². The lowest BCUT2D eigenvalue weighted by Gasteiger charge is -1.90. The third-order valence-electron chi connectivity index (χ3n) is 1.79. The molecule has 0 aliphatic heterocycles. The number of hydrogen-bond donors (Lipinski definition) is 0. The Balaban J connectivity index is 2.38. The van der Waals surface area contributed by atoms with Crippen LogP contribution in [0.2, 0.25) is 0 Å². The van der Waals surface area contributed by atoms with Gasteiger partial charge in [-0.15, -0.1) is 0 Å². The molecule has 0 radical (unpaired) electrons. The molecule has 2 aliphatic rings. The Morgan fingerprint density at radius 1 is 1.00 bits per heavy atom. The van der Waals surface area contributed by atoms with E-state index in [1.807, 2.05) is 0 Å². The Labute approximate surface area is 43.5 Å². The molecule has 0 heteroatoms. The minimum Gasteiger partial charge on any atom is -0.0745 e. The fourth-order valence-electron chi connectivity index (χ4n) is 1.03. The van der Waals surface area contributed by atoms with Gasteiger partial charge in [0.1, 0.15) is 0 Å². The molecule has 2 rings (SSSR count). The Bertz CT molecular complexity index is 122. The summed E-state index contributed by atoms with van der Waals surface area (Å²) in [5.74, 6) is 0. The third kappa shape index (κ3) is 0.365. The predicted octanol–water partition coefficient (Wildman–Crippen LogP) is 1.89. The molecule has 0 N–H and O–H groups in total. The predicted molar refractivity (Wildman–Crippen MR) is 29.9 cm³/mol. The van der Waals surface area contributed by atoms with Gasteiger partial charge in [-0.3, -0.25) is 0 Å². The van der Waals surface area contributed by atoms with Crippen molar-refractivity contribution in [1.82, 2.24) is 0 Å². The molecule has 0 saturated heterocycles. The molecule has 0 bridgehead atoms. The van der Waals surface area contributed by atoms with Crippen LogP contribution in [0.4, 0.5) is 0 Å². The minimum atomic E-state index is 0.583. The largest absolute Gasteiger partial charge is 0.0745 e. The Hall–Kier alpha value is -0.520. The molecule has 36 valence electrons. The first-order chi connectivity index (χ1) is 3.41. The molecule has 1 spiro atoms. The molecular weight excluding hydrogens is 84.1 g/mol. The van der Waals surface area contributed by atoms with Crippen molar-refractivity contribution in [3.8, 4) is 0 Å². The molecule has 0 aromatic carbocycles. The zero-order valence-corrected chi connectivity index (χ0v) is 4.22. The van der Waals surface area contributed by atoms with Gasteiger partial charge in [0.25, 0.3) is 0 Å². The van der Waals surface area contributed by atoms with E-state index in [4.69, 9.17) is 0 Å². The molecule has 0 atom stereocenters. The lowest BCUT2D eigenvalue weighted by atomic mass is 10.1. The minimum absolute atomic E-state index is 0.583. The summed E-state index contributed by atoms with van der Waals surface area (Å²) in [5.41, 5.74) is 0.583. The van der Waals surface area contributed by atoms with Crippen molar-refractivity contribution in [3.05, 3.63) is 24.3 Å².